The molecular formula is C16H27N3OS. The van der Waals surface area contributed by atoms with Crippen molar-refractivity contribution in [1.82, 2.24) is 4.90 Å². The summed E-state index contributed by atoms with van der Waals surface area (Å²) in [6.45, 7) is 6.77. The summed E-state index contributed by atoms with van der Waals surface area (Å²) in [5.74, 6) is 1.57. The van der Waals surface area contributed by atoms with Crippen molar-refractivity contribution >= 4 is 27.9 Å². The third-order valence-electron chi connectivity index (χ3n) is 4.38. The molecule has 0 bridgehead atoms. The Balaban J connectivity index is 2.12. The maximum Gasteiger partial charge on any atom is 0.265 e. The maximum atomic E-state index is 12.1. The van der Waals surface area contributed by atoms with Crippen molar-refractivity contribution in [3.05, 3.63) is 10.9 Å². The molecule has 1 aromatic heterocycles. The zero-order valence-electron chi connectivity index (χ0n) is 13.6. The standard InChI is InChI=1S/C16H27N3OS/c1-11(2)12-6-5-8-19(9-7-12)14-10-13(17)15(21-14)16(20)18(3)4/h10-12H,5-9,17H2,1-4H3. The fraction of sp³-hybridized carbons (Fsp3) is 0.688. The molecule has 5 heteroatoms. The molecule has 0 aliphatic carbocycles. The Hall–Kier alpha value is -1.23. The SMILES string of the molecule is CC(C)C1CCCN(c2cc(N)c(C(=O)N(C)C)s2)CC1. The second-order valence-corrected chi connectivity index (χ2v) is 7.52. The Morgan fingerprint density at radius 3 is 2.71 bits per heavy atom. The average molecular weight is 309 g/mol. The first-order valence-electron chi connectivity index (χ1n) is 7.76. The summed E-state index contributed by atoms with van der Waals surface area (Å²) in [5, 5.41) is 1.14. The Bertz CT molecular complexity index is 496. The van der Waals surface area contributed by atoms with Crippen molar-refractivity contribution in [1.29, 1.82) is 0 Å². The van der Waals surface area contributed by atoms with Gasteiger partial charge in [0.2, 0.25) is 0 Å². The van der Waals surface area contributed by atoms with Gasteiger partial charge in [-0.25, -0.2) is 0 Å². The summed E-state index contributed by atoms with van der Waals surface area (Å²) in [7, 11) is 3.53. The van der Waals surface area contributed by atoms with E-state index in [0.717, 1.165) is 29.9 Å². The van der Waals surface area contributed by atoms with E-state index in [9.17, 15) is 4.79 Å². The van der Waals surface area contributed by atoms with E-state index < -0.39 is 0 Å². The smallest absolute Gasteiger partial charge is 0.265 e. The highest BCUT2D eigenvalue weighted by atomic mass is 32.1. The van der Waals surface area contributed by atoms with Crippen LogP contribution in [0.25, 0.3) is 0 Å². The van der Waals surface area contributed by atoms with Crippen LogP contribution < -0.4 is 10.6 Å². The van der Waals surface area contributed by atoms with Gasteiger partial charge in [-0.15, -0.1) is 11.3 Å². The van der Waals surface area contributed by atoms with Crippen LogP contribution in [-0.4, -0.2) is 38.0 Å². The monoisotopic (exact) mass is 309 g/mol. The number of nitrogens with two attached hydrogens (primary N) is 1. The number of carbonyl (C=O) groups excluding carboxylic acids is 1. The quantitative estimate of drug-likeness (QED) is 0.932. The average Bonchev–Trinajstić information content (AvgIpc) is 2.65. The van der Waals surface area contributed by atoms with Crippen molar-refractivity contribution in [3.63, 3.8) is 0 Å². The van der Waals surface area contributed by atoms with Crippen LogP contribution in [0.3, 0.4) is 0 Å². The fourth-order valence-electron chi connectivity index (χ4n) is 2.93. The van der Waals surface area contributed by atoms with Gasteiger partial charge in [-0.05, 0) is 37.2 Å². The molecule has 1 aliphatic heterocycles. The van der Waals surface area contributed by atoms with Crippen molar-refractivity contribution < 1.29 is 4.79 Å². The van der Waals surface area contributed by atoms with Gasteiger partial charge in [-0.3, -0.25) is 4.79 Å². The maximum absolute atomic E-state index is 12.1. The van der Waals surface area contributed by atoms with E-state index in [1.807, 2.05) is 6.07 Å². The summed E-state index contributed by atoms with van der Waals surface area (Å²) < 4.78 is 0. The summed E-state index contributed by atoms with van der Waals surface area (Å²) in [6.07, 6.45) is 3.75. The molecule has 21 heavy (non-hydrogen) atoms. The van der Waals surface area contributed by atoms with E-state index in [-0.39, 0.29) is 5.91 Å². The largest absolute Gasteiger partial charge is 0.397 e. The predicted molar refractivity (Wildman–Crippen MR) is 91.1 cm³/mol. The van der Waals surface area contributed by atoms with Gasteiger partial charge in [-0.1, -0.05) is 13.8 Å². The lowest BCUT2D eigenvalue weighted by Crippen LogP contribution is -2.23. The normalized spacial score (nSPS) is 19.7. The van der Waals surface area contributed by atoms with Crippen LogP contribution in [0.1, 0.15) is 42.8 Å². The number of amides is 1. The molecule has 2 rings (SSSR count). The molecule has 118 valence electrons. The predicted octanol–water partition coefficient (Wildman–Crippen LogP) is 3.29. The molecule has 1 atom stereocenters. The van der Waals surface area contributed by atoms with Gasteiger partial charge < -0.3 is 15.5 Å². The molecule has 2 heterocycles. The van der Waals surface area contributed by atoms with Crippen LogP contribution in [0, 0.1) is 11.8 Å². The lowest BCUT2D eigenvalue weighted by atomic mass is 9.89. The number of anilines is 2. The van der Waals surface area contributed by atoms with Crippen LogP contribution in [-0.2, 0) is 0 Å². The topological polar surface area (TPSA) is 49.6 Å². The minimum Gasteiger partial charge on any atom is -0.397 e. The molecule has 0 radical (unpaired) electrons. The Morgan fingerprint density at radius 2 is 2.10 bits per heavy atom. The molecule has 0 spiro atoms. The minimum absolute atomic E-state index is 0.00127. The summed E-state index contributed by atoms with van der Waals surface area (Å²) in [6, 6.07) is 1.97. The zero-order valence-corrected chi connectivity index (χ0v) is 14.4. The van der Waals surface area contributed by atoms with Crippen molar-refractivity contribution in [3.8, 4) is 0 Å². The molecular weight excluding hydrogens is 282 g/mol. The van der Waals surface area contributed by atoms with Gasteiger partial charge in [0.15, 0.2) is 0 Å². The molecule has 1 unspecified atom stereocenters. The first kappa shape index (κ1) is 16.1. The molecule has 1 saturated heterocycles. The number of carbonyl (C=O) groups is 1. The summed E-state index contributed by atoms with van der Waals surface area (Å²) >= 11 is 1.53. The van der Waals surface area contributed by atoms with Crippen LogP contribution in [0.4, 0.5) is 10.7 Å². The summed E-state index contributed by atoms with van der Waals surface area (Å²) in [5.41, 5.74) is 6.65. The zero-order chi connectivity index (χ0) is 15.6. The van der Waals surface area contributed by atoms with Gasteiger partial charge in [0, 0.05) is 27.2 Å². The second kappa shape index (κ2) is 6.69. The minimum atomic E-state index is -0.00127. The molecule has 1 fully saturated rings. The molecule has 2 N–H and O–H groups in total. The second-order valence-electron chi connectivity index (χ2n) is 6.49. The third-order valence-corrected chi connectivity index (χ3v) is 5.58. The van der Waals surface area contributed by atoms with E-state index in [1.165, 1.54) is 30.6 Å². The lowest BCUT2D eigenvalue weighted by Gasteiger charge is -2.21. The molecule has 4 nitrogen and oxygen atoms in total. The lowest BCUT2D eigenvalue weighted by molar-refractivity contribution is 0.0833. The van der Waals surface area contributed by atoms with Crippen LogP contribution in [0.15, 0.2) is 6.07 Å². The van der Waals surface area contributed by atoms with Crippen molar-refractivity contribution in [2.45, 2.75) is 33.1 Å². The van der Waals surface area contributed by atoms with Crippen LogP contribution in [0.5, 0.6) is 0 Å². The highest BCUT2D eigenvalue weighted by Crippen LogP contribution is 2.35. The number of nitrogen functional groups attached to an aromatic ring is 1. The number of thiophene rings is 1. The Morgan fingerprint density at radius 1 is 1.38 bits per heavy atom. The van der Waals surface area contributed by atoms with E-state index >= 15 is 0 Å². The molecule has 1 aliphatic rings. The third kappa shape index (κ3) is 3.70. The molecule has 0 saturated carbocycles. The van der Waals surface area contributed by atoms with E-state index in [2.05, 4.69) is 18.7 Å². The van der Waals surface area contributed by atoms with Crippen molar-refractivity contribution in [2.24, 2.45) is 11.8 Å². The van der Waals surface area contributed by atoms with Crippen LogP contribution in [0.2, 0.25) is 0 Å². The van der Waals surface area contributed by atoms with Crippen LogP contribution >= 0.6 is 11.3 Å². The van der Waals surface area contributed by atoms with E-state index in [4.69, 9.17) is 5.73 Å². The van der Waals surface area contributed by atoms with Gasteiger partial charge in [-0.2, -0.15) is 0 Å². The number of hydrogen-bond acceptors (Lipinski definition) is 4. The first-order chi connectivity index (χ1) is 9.90. The summed E-state index contributed by atoms with van der Waals surface area (Å²) in [4.78, 5) is 16.8. The Kier molecular flexibility index (Phi) is 5.14. The number of nitrogens with zero attached hydrogens (tertiary/aromatic N) is 2. The highest BCUT2D eigenvalue weighted by molar-refractivity contribution is 7.18. The van der Waals surface area contributed by atoms with E-state index in [0.29, 0.717) is 10.6 Å². The van der Waals surface area contributed by atoms with Crippen molar-refractivity contribution in [2.75, 3.05) is 37.8 Å². The number of rotatable bonds is 3. The molecule has 0 aromatic carbocycles. The van der Waals surface area contributed by atoms with E-state index in [1.54, 1.807) is 19.0 Å². The molecule has 1 amide bonds. The Labute approximate surface area is 131 Å². The van der Waals surface area contributed by atoms with Gasteiger partial charge in [0.1, 0.15) is 4.88 Å². The van der Waals surface area contributed by atoms with Gasteiger partial charge >= 0.3 is 0 Å². The first-order valence-corrected chi connectivity index (χ1v) is 8.57. The number of hydrogen-bond donors (Lipinski definition) is 1. The fourth-order valence-corrected chi connectivity index (χ4v) is 4.08. The molecule has 1 aromatic rings. The van der Waals surface area contributed by atoms with Gasteiger partial charge in [0.05, 0.1) is 10.7 Å². The van der Waals surface area contributed by atoms with Gasteiger partial charge in [0.25, 0.3) is 5.91 Å². The highest BCUT2D eigenvalue weighted by Gasteiger charge is 2.23.